The minimum Gasteiger partial charge on any atom is -0.343 e. The second-order valence-corrected chi connectivity index (χ2v) is 7.35. The normalized spacial score (nSPS) is 17.0. The molecule has 0 saturated carbocycles. The molecule has 0 unspecified atom stereocenters. The number of hydrogen-bond acceptors (Lipinski definition) is 3. The minimum atomic E-state index is -3.50. The second kappa shape index (κ2) is 6.15. The molecule has 1 aromatic carbocycles. The Morgan fingerprint density at radius 2 is 1.86 bits per heavy atom. The lowest BCUT2D eigenvalue weighted by molar-refractivity contribution is -0.129. The number of likely N-dealkylation sites (tertiary alicyclic amines) is 1. The molecule has 1 N–H and O–H groups in total. The lowest BCUT2D eigenvalue weighted by Gasteiger charge is -2.31. The number of sulfonamides is 1. The molecule has 1 aliphatic rings. The van der Waals surface area contributed by atoms with Crippen LogP contribution in [0.1, 0.15) is 30.9 Å². The molecule has 0 spiro atoms. The first kappa shape index (κ1) is 16.0. The predicted molar refractivity (Wildman–Crippen MR) is 81.5 cm³/mol. The summed E-state index contributed by atoms with van der Waals surface area (Å²) < 4.78 is 27.7. The van der Waals surface area contributed by atoms with E-state index in [4.69, 9.17) is 0 Å². The number of amides is 1. The highest BCUT2D eigenvalue weighted by molar-refractivity contribution is 7.89. The van der Waals surface area contributed by atoms with Crippen LogP contribution in [-0.4, -0.2) is 38.4 Å². The van der Waals surface area contributed by atoms with Crippen molar-refractivity contribution in [2.24, 2.45) is 0 Å². The van der Waals surface area contributed by atoms with Gasteiger partial charge in [0.1, 0.15) is 0 Å². The molecule has 0 bridgehead atoms. The van der Waals surface area contributed by atoms with Crippen molar-refractivity contribution >= 4 is 15.9 Å². The SMILES string of the molecule is CC(=O)N1CCC(NS(=O)(=O)c2ccc(C)cc2C)CC1. The van der Waals surface area contributed by atoms with Crippen LogP contribution in [0.25, 0.3) is 0 Å². The van der Waals surface area contributed by atoms with E-state index in [2.05, 4.69) is 4.72 Å². The fraction of sp³-hybridized carbons (Fsp3) is 0.533. The molecule has 1 aromatic rings. The van der Waals surface area contributed by atoms with Gasteiger partial charge < -0.3 is 4.90 Å². The number of nitrogens with zero attached hydrogens (tertiary/aromatic N) is 1. The van der Waals surface area contributed by atoms with Crippen molar-refractivity contribution in [3.8, 4) is 0 Å². The quantitative estimate of drug-likeness (QED) is 0.922. The molecule has 0 aliphatic carbocycles. The predicted octanol–water partition coefficient (Wildman–Crippen LogP) is 1.59. The number of nitrogens with one attached hydrogen (secondary N) is 1. The van der Waals surface area contributed by atoms with Gasteiger partial charge in [0.05, 0.1) is 4.90 Å². The number of aryl methyl sites for hydroxylation is 2. The van der Waals surface area contributed by atoms with E-state index in [1.165, 1.54) is 0 Å². The molecule has 1 aliphatic heterocycles. The zero-order valence-electron chi connectivity index (χ0n) is 12.7. The third kappa shape index (κ3) is 3.83. The maximum Gasteiger partial charge on any atom is 0.241 e. The maximum atomic E-state index is 12.5. The smallest absolute Gasteiger partial charge is 0.241 e. The van der Waals surface area contributed by atoms with Crippen molar-refractivity contribution < 1.29 is 13.2 Å². The molecule has 1 amide bonds. The van der Waals surface area contributed by atoms with Crippen molar-refractivity contribution in [1.29, 1.82) is 0 Å². The third-order valence-electron chi connectivity index (χ3n) is 3.88. The molecular formula is C15H22N2O3S. The van der Waals surface area contributed by atoms with E-state index in [9.17, 15) is 13.2 Å². The number of hydrogen-bond donors (Lipinski definition) is 1. The average molecular weight is 310 g/mol. The van der Waals surface area contributed by atoms with Crippen LogP contribution in [0.4, 0.5) is 0 Å². The van der Waals surface area contributed by atoms with Gasteiger partial charge in [0, 0.05) is 26.1 Å². The lowest BCUT2D eigenvalue weighted by atomic mass is 10.1. The molecular weight excluding hydrogens is 288 g/mol. The Morgan fingerprint density at radius 3 is 2.38 bits per heavy atom. The van der Waals surface area contributed by atoms with E-state index in [-0.39, 0.29) is 11.9 Å². The van der Waals surface area contributed by atoms with Crippen LogP contribution in [-0.2, 0) is 14.8 Å². The maximum absolute atomic E-state index is 12.5. The zero-order chi connectivity index (χ0) is 15.6. The Morgan fingerprint density at radius 1 is 1.24 bits per heavy atom. The number of piperidine rings is 1. The third-order valence-corrected chi connectivity index (χ3v) is 5.56. The van der Waals surface area contributed by atoms with E-state index in [0.717, 1.165) is 11.1 Å². The van der Waals surface area contributed by atoms with E-state index < -0.39 is 10.0 Å². The van der Waals surface area contributed by atoms with Crippen molar-refractivity contribution in [3.05, 3.63) is 29.3 Å². The van der Waals surface area contributed by atoms with Gasteiger partial charge >= 0.3 is 0 Å². The fourth-order valence-electron chi connectivity index (χ4n) is 2.70. The van der Waals surface area contributed by atoms with Crippen molar-refractivity contribution in [1.82, 2.24) is 9.62 Å². The minimum absolute atomic E-state index is 0.0469. The van der Waals surface area contributed by atoms with Crippen molar-refractivity contribution in [3.63, 3.8) is 0 Å². The average Bonchev–Trinajstić information content (AvgIpc) is 2.38. The number of benzene rings is 1. The molecule has 0 aromatic heterocycles. The van der Waals surface area contributed by atoms with Gasteiger partial charge in [0.2, 0.25) is 15.9 Å². The highest BCUT2D eigenvalue weighted by Crippen LogP contribution is 2.19. The Balaban J connectivity index is 2.07. The molecule has 0 radical (unpaired) electrons. The Kier molecular flexibility index (Phi) is 4.68. The van der Waals surface area contributed by atoms with Gasteiger partial charge in [0.25, 0.3) is 0 Å². The summed E-state index contributed by atoms with van der Waals surface area (Å²) in [7, 11) is -3.50. The highest BCUT2D eigenvalue weighted by Gasteiger charge is 2.26. The summed E-state index contributed by atoms with van der Waals surface area (Å²) in [5.74, 6) is 0.0469. The molecule has 0 atom stereocenters. The largest absolute Gasteiger partial charge is 0.343 e. The van der Waals surface area contributed by atoms with Crippen LogP contribution in [0, 0.1) is 13.8 Å². The first-order valence-corrected chi connectivity index (χ1v) is 8.63. The highest BCUT2D eigenvalue weighted by atomic mass is 32.2. The van der Waals surface area contributed by atoms with Crippen molar-refractivity contribution in [2.45, 2.75) is 44.6 Å². The number of carbonyl (C=O) groups excluding carboxylic acids is 1. The molecule has 21 heavy (non-hydrogen) atoms. The second-order valence-electron chi connectivity index (χ2n) is 5.67. The van der Waals surface area contributed by atoms with Gasteiger partial charge in [0.15, 0.2) is 0 Å². The van der Waals surface area contributed by atoms with E-state index in [1.807, 2.05) is 13.0 Å². The molecule has 116 valence electrons. The van der Waals surface area contributed by atoms with Gasteiger partial charge in [-0.3, -0.25) is 4.79 Å². The molecule has 5 nitrogen and oxygen atoms in total. The summed E-state index contributed by atoms with van der Waals surface area (Å²) >= 11 is 0. The van der Waals surface area contributed by atoms with Crippen LogP contribution >= 0.6 is 0 Å². The van der Waals surface area contributed by atoms with Gasteiger partial charge in [-0.1, -0.05) is 17.7 Å². The van der Waals surface area contributed by atoms with Gasteiger partial charge in [-0.05, 0) is 38.3 Å². The summed E-state index contributed by atoms with van der Waals surface area (Å²) in [5, 5.41) is 0. The summed E-state index contributed by atoms with van der Waals surface area (Å²) in [4.78, 5) is 13.4. The number of rotatable bonds is 3. The van der Waals surface area contributed by atoms with E-state index >= 15 is 0 Å². The summed E-state index contributed by atoms with van der Waals surface area (Å²) in [6.07, 6.45) is 1.31. The Bertz CT molecular complexity index is 632. The first-order valence-electron chi connectivity index (χ1n) is 7.14. The van der Waals surface area contributed by atoms with Crippen LogP contribution < -0.4 is 4.72 Å². The molecule has 6 heteroatoms. The molecule has 1 saturated heterocycles. The fourth-order valence-corrected chi connectivity index (χ4v) is 4.23. The van der Waals surface area contributed by atoms with E-state index in [0.29, 0.717) is 30.8 Å². The first-order chi connectivity index (χ1) is 9.79. The summed E-state index contributed by atoms with van der Waals surface area (Å²) in [6.45, 7) is 6.50. The zero-order valence-corrected chi connectivity index (χ0v) is 13.5. The molecule has 1 fully saturated rings. The van der Waals surface area contributed by atoms with Gasteiger partial charge in [-0.15, -0.1) is 0 Å². The Hall–Kier alpha value is -1.40. The van der Waals surface area contributed by atoms with Crippen molar-refractivity contribution in [2.75, 3.05) is 13.1 Å². The monoisotopic (exact) mass is 310 g/mol. The standard InChI is InChI=1S/C15H22N2O3S/c1-11-4-5-15(12(2)10-11)21(19,20)16-14-6-8-17(9-7-14)13(3)18/h4-5,10,14,16H,6-9H2,1-3H3. The van der Waals surface area contributed by atoms with E-state index in [1.54, 1.807) is 30.9 Å². The number of carbonyl (C=O) groups is 1. The van der Waals surface area contributed by atoms with Crippen LogP contribution in [0.3, 0.4) is 0 Å². The summed E-state index contributed by atoms with van der Waals surface area (Å²) in [6, 6.07) is 5.22. The van der Waals surface area contributed by atoms with Gasteiger partial charge in [-0.25, -0.2) is 13.1 Å². The molecule has 2 rings (SSSR count). The Labute approximate surface area is 126 Å². The van der Waals surface area contributed by atoms with Gasteiger partial charge in [-0.2, -0.15) is 0 Å². The summed E-state index contributed by atoms with van der Waals surface area (Å²) in [5.41, 5.74) is 1.80. The lowest BCUT2D eigenvalue weighted by Crippen LogP contribution is -2.46. The van der Waals surface area contributed by atoms with Crippen LogP contribution in [0.5, 0.6) is 0 Å². The molecule has 1 heterocycles. The topological polar surface area (TPSA) is 66.5 Å². The van der Waals surface area contributed by atoms with Crippen LogP contribution in [0.2, 0.25) is 0 Å². The van der Waals surface area contributed by atoms with Crippen LogP contribution in [0.15, 0.2) is 23.1 Å².